The number of pyridine rings is 1. The summed E-state index contributed by atoms with van der Waals surface area (Å²) in [5.74, 6) is -0.210. The summed E-state index contributed by atoms with van der Waals surface area (Å²) in [6.45, 7) is 6.18. The van der Waals surface area contributed by atoms with E-state index in [1.54, 1.807) is 24.4 Å². The van der Waals surface area contributed by atoms with E-state index in [0.29, 0.717) is 23.5 Å². The lowest BCUT2D eigenvalue weighted by molar-refractivity contribution is 0.0600. The molecule has 0 aliphatic carbocycles. The molecule has 136 valence electrons. The first kappa shape index (κ1) is 18.1. The first-order valence-electron chi connectivity index (χ1n) is 8.82. The van der Waals surface area contributed by atoms with E-state index in [1.165, 1.54) is 7.11 Å². The highest BCUT2D eigenvalue weighted by molar-refractivity contribution is 5.90. The van der Waals surface area contributed by atoms with Crippen LogP contribution in [0.25, 0.3) is 16.9 Å². The highest BCUT2D eigenvalue weighted by Crippen LogP contribution is 2.27. The first-order valence-corrected chi connectivity index (χ1v) is 8.82. The Bertz CT molecular complexity index is 960. The number of nitrogens with zero attached hydrogens (tertiary/aromatic N) is 2. The molecule has 0 N–H and O–H groups in total. The molecule has 26 heavy (non-hydrogen) atoms. The van der Waals surface area contributed by atoms with Crippen LogP contribution >= 0.6 is 0 Å². The molecule has 0 aliphatic heterocycles. The van der Waals surface area contributed by atoms with Crippen LogP contribution in [0.4, 0.5) is 4.39 Å². The van der Waals surface area contributed by atoms with E-state index in [4.69, 9.17) is 4.74 Å². The van der Waals surface area contributed by atoms with Gasteiger partial charge in [0.25, 0.3) is 0 Å². The Morgan fingerprint density at radius 3 is 2.65 bits per heavy atom. The van der Waals surface area contributed by atoms with Crippen LogP contribution in [0.3, 0.4) is 0 Å². The highest BCUT2D eigenvalue weighted by atomic mass is 19.1. The molecule has 0 atom stereocenters. The van der Waals surface area contributed by atoms with Crippen molar-refractivity contribution < 1.29 is 13.9 Å². The Morgan fingerprint density at radius 2 is 2.04 bits per heavy atom. The molecule has 0 aliphatic rings. The number of carbonyl (C=O) groups excluding carboxylic acids is 1. The summed E-state index contributed by atoms with van der Waals surface area (Å²) >= 11 is 0. The van der Waals surface area contributed by atoms with Gasteiger partial charge >= 0.3 is 5.97 Å². The molecule has 0 amide bonds. The third kappa shape index (κ3) is 3.34. The van der Waals surface area contributed by atoms with Gasteiger partial charge in [0, 0.05) is 11.8 Å². The molecular formula is C21H23FN2O2. The number of hydrogen-bond acceptors (Lipinski definition) is 3. The summed E-state index contributed by atoms with van der Waals surface area (Å²) in [4.78, 5) is 16.4. The standard InChI is InChI=1S/C21H23FN2O2/c1-5-18-20(15-7-6-14(10-13(2)3)17(22)11-15)23-19-12-16(21(25)26-4)8-9-24(18)19/h6-9,11-13H,5,10H2,1-4H3. The minimum atomic E-state index is -0.404. The second kappa shape index (κ2) is 7.28. The maximum atomic E-state index is 14.5. The lowest BCUT2D eigenvalue weighted by Gasteiger charge is -2.08. The topological polar surface area (TPSA) is 43.6 Å². The van der Waals surface area contributed by atoms with Crippen molar-refractivity contribution in [3.05, 3.63) is 59.2 Å². The molecule has 0 saturated heterocycles. The zero-order valence-corrected chi connectivity index (χ0v) is 15.5. The summed E-state index contributed by atoms with van der Waals surface area (Å²) in [5.41, 5.74) is 4.27. The van der Waals surface area contributed by atoms with Crippen LogP contribution < -0.4 is 0 Å². The number of hydrogen-bond donors (Lipinski definition) is 0. The van der Waals surface area contributed by atoms with Gasteiger partial charge in [0.2, 0.25) is 0 Å². The fourth-order valence-corrected chi connectivity index (χ4v) is 3.21. The number of esters is 1. The van der Waals surface area contributed by atoms with E-state index < -0.39 is 5.97 Å². The summed E-state index contributed by atoms with van der Waals surface area (Å²) in [7, 11) is 1.35. The minimum Gasteiger partial charge on any atom is -0.465 e. The molecule has 0 unspecified atom stereocenters. The van der Waals surface area contributed by atoms with Crippen molar-refractivity contribution in [1.82, 2.24) is 9.38 Å². The van der Waals surface area contributed by atoms with E-state index in [2.05, 4.69) is 18.8 Å². The molecule has 0 radical (unpaired) electrons. The maximum absolute atomic E-state index is 14.5. The van der Waals surface area contributed by atoms with Crippen LogP contribution in [-0.4, -0.2) is 22.5 Å². The monoisotopic (exact) mass is 354 g/mol. The summed E-state index contributed by atoms with van der Waals surface area (Å²) in [5, 5.41) is 0. The fraction of sp³-hybridized carbons (Fsp3) is 0.333. The zero-order valence-electron chi connectivity index (χ0n) is 15.5. The smallest absolute Gasteiger partial charge is 0.338 e. The van der Waals surface area contributed by atoms with Crippen molar-refractivity contribution in [2.24, 2.45) is 5.92 Å². The Labute approximate surface area is 152 Å². The lowest BCUT2D eigenvalue weighted by Crippen LogP contribution is -2.02. The molecule has 0 spiro atoms. The predicted octanol–water partition coefficient (Wildman–Crippen LogP) is 4.69. The molecule has 3 rings (SSSR count). The van der Waals surface area contributed by atoms with Crippen molar-refractivity contribution >= 4 is 11.6 Å². The number of benzene rings is 1. The molecule has 0 saturated carbocycles. The number of methoxy groups -OCH3 is 1. The second-order valence-electron chi connectivity index (χ2n) is 6.80. The molecule has 2 heterocycles. The number of ether oxygens (including phenoxy) is 1. The van der Waals surface area contributed by atoms with Crippen LogP contribution in [-0.2, 0) is 17.6 Å². The van der Waals surface area contributed by atoms with Crippen molar-refractivity contribution in [1.29, 1.82) is 0 Å². The number of imidazole rings is 1. The quantitative estimate of drug-likeness (QED) is 0.625. The minimum absolute atomic E-state index is 0.203. The van der Waals surface area contributed by atoms with E-state index >= 15 is 0 Å². The van der Waals surface area contributed by atoms with Gasteiger partial charge < -0.3 is 9.14 Å². The molecular weight excluding hydrogens is 331 g/mol. The molecule has 5 heteroatoms. The largest absolute Gasteiger partial charge is 0.465 e. The van der Waals surface area contributed by atoms with E-state index in [0.717, 1.165) is 28.9 Å². The van der Waals surface area contributed by atoms with Gasteiger partial charge in [0.15, 0.2) is 0 Å². The van der Waals surface area contributed by atoms with Crippen molar-refractivity contribution in [2.45, 2.75) is 33.6 Å². The number of aromatic nitrogens is 2. The van der Waals surface area contributed by atoms with Crippen LogP contribution in [0, 0.1) is 11.7 Å². The Kier molecular flexibility index (Phi) is 5.07. The van der Waals surface area contributed by atoms with E-state index in [-0.39, 0.29) is 5.82 Å². The highest BCUT2D eigenvalue weighted by Gasteiger charge is 2.16. The Morgan fingerprint density at radius 1 is 1.27 bits per heavy atom. The number of rotatable bonds is 5. The van der Waals surface area contributed by atoms with Crippen LogP contribution in [0.1, 0.15) is 42.4 Å². The summed E-state index contributed by atoms with van der Waals surface area (Å²) in [6, 6.07) is 8.71. The summed E-state index contributed by atoms with van der Waals surface area (Å²) < 4.78 is 21.2. The SMILES string of the molecule is CCc1c(-c2ccc(CC(C)C)c(F)c2)nc2cc(C(=O)OC)ccn12. The second-order valence-corrected chi connectivity index (χ2v) is 6.80. The molecule has 0 fully saturated rings. The van der Waals surface area contributed by atoms with Crippen molar-refractivity contribution in [3.63, 3.8) is 0 Å². The predicted molar refractivity (Wildman–Crippen MR) is 99.8 cm³/mol. The number of halogens is 1. The zero-order chi connectivity index (χ0) is 18.8. The fourth-order valence-electron chi connectivity index (χ4n) is 3.21. The average molecular weight is 354 g/mol. The molecule has 2 aromatic heterocycles. The molecule has 0 bridgehead atoms. The lowest BCUT2D eigenvalue weighted by atomic mass is 9.99. The van der Waals surface area contributed by atoms with Crippen LogP contribution in [0.2, 0.25) is 0 Å². The van der Waals surface area contributed by atoms with Crippen LogP contribution in [0.15, 0.2) is 36.5 Å². The van der Waals surface area contributed by atoms with Gasteiger partial charge in [0.05, 0.1) is 24.1 Å². The van der Waals surface area contributed by atoms with Crippen LogP contribution in [0.5, 0.6) is 0 Å². The van der Waals surface area contributed by atoms with E-state index in [9.17, 15) is 9.18 Å². The van der Waals surface area contributed by atoms with Crippen molar-refractivity contribution in [3.8, 4) is 11.3 Å². The van der Waals surface area contributed by atoms with Gasteiger partial charge in [-0.2, -0.15) is 0 Å². The summed E-state index contributed by atoms with van der Waals surface area (Å²) in [6.07, 6.45) is 3.25. The maximum Gasteiger partial charge on any atom is 0.338 e. The van der Waals surface area contributed by atoms with Gasteiger partial charge in [-0.15, -0.1) is 0 Å². The molecule has 1 aromatic carbocycles. The third-order valence-electron chi connectivity index (χ3n) is 4.44. The first-order chi connectivity index (χ1) is 12.4. The number of aryl methyl sites for hydroxylation is 1. The Hall–Kier alpha value is -2.69. The van der Waals surface area contributed by atoms with Gasteiger partial charge in [-0.3, -0.25) is 0 Å². The van der Waals surface area contributed by atoms with Gasteiger partial charge in [0.1, 0.15) is 11.5 Å². The molecule has 4 nitrogen and oxygen atoms in total. The molecule has 3 aromatic rings. The van der Waals surface area contributed by atoms with Crippen molar-refractivity contribution in [2.75, 3.05) is 7.11 Å². The number of fused-ring (bicyclic) bond motifs is 1. The van der Waals surface area contributed by atoms with Gasteiger partial charge in [-0.25, -0.2) is 14.2 Å². The average Bonchev–Trinajstić information content (AvgIpc) is 3.00. The van der Waals surface area contributed by atoms with Gasteiger partial charge in [-0.1, -0.05) is 32.9 Å². The van der Waals surface area contributed by atoms with Gasteiger partial charge in [-0.05, 0) is 42.5 Å². The third-order valence-corrected chi connectivity index (χ3v) is 4.44. The Balaban J connectivity index is 2.09. The number of carbonyl (C=O) groups is 1. The normalized spacial score (nSPS) is 11.3. The van der Waals surface area contributed by atoms with E-state index in [1.807, 2.05) is 23.5 Å².